The lowest BCUT2D eigenvalue weighted by Gasteiger charge is -2.32. The maximum absolute atomic E-state index is 3.68. The van der Waals surface area contributed by atoms with E-state index in [9.17, 15) is 0 Å². The fraction of sp³-hybridized carbons (Fsp3) is 0.625. The SMILES string of the molecule is CC(C1CC1)N(C)CC1Cc2ccccc2CN1. The zero-order valence-corrected chi connectivity index (χ0v) is 11.5. The van der Waals surface area contributed by atoms with Crippen LogP contribution in [0.3, 0.4) is 0 Å². The summed E-state index contributed by atoms with van der Waals surface area (Å²) in [7, 11) is 2.28. The summed E-state index contributed by atoms with van der Waals surface area (Å²) in [6, 6.07) is 10.2. The summed E-state index contributed by atoms with van der Waals surface area (Å²) in [6.07, 6.45) is 4.05. The van der Waals surface area contributed by atoms with Gasteiger partial charge in [0.2, 0.25) is 0 Å². The Kier molecular flexibility index (Phi) is 3.40. The monoisotopic (exact) mass is 244 g/mol. The summed E-state index contributed by atoms with van der Waals surface area (Å²) in [4.78, 5) is 2.54. The van der Waals surface area contributed by atoms with Gasteiger partial charge in [0.05, 0.1) is 0 Å². The van der Waals surface area contributed by atoms with E-state index in [1.165, 1.54) is 36.9 Å². The van der Waals surface area contributed by atoms with Crippen LogP contribution < -0.4 is 5.32 Å². The Hall–Kier alpha value is -0.860. The van der Waals surface area contributed by atoms with Crippen molar-refractivity contribution in [1.82, 2.24) is 10.2 Å². The van der Waals surface area contributed by atoms with E-state index in [1.54, 1.807) is 0 Å². The van der Waals surface area contributed by atoms with E-state index >= 15 is 0 Å². The number of fused-ring (bicyclic) bond motifs is 1. The average Bonchev–Trinajstić information content (AvgIpc) is 3.22. The van der Waals surface area contributed by atoms with Gasteiger partial charge in [0, 0.05) is 25.2 Å². The zero-order valence-electron chi connectivity index (χ0n) is 11.5. The van der Waals surface area contributed by atoms with Gasteiger partial charge in [0.15, 0.2) is 0 Å². The van der Waals surface area contributed by atoms with Gasteiger partial charge >= 0.3 is 0 Å². The van der Waals surface area contributed by atoms with Crippen LogP contribution in [0.5, 0.6) is 0 Å². The van der Waals surface area contributed by atoms with Crippen LogP contribution in [0.25, 0.3) is 0 Å². The van der Waals surface area contributed by atoms with Gasteiger partial charge in [0.25, 0.3) is 0 Å². The lowest BCUT2D eigenvalue weighted by atomic mass is 9.95. The van der Waals surface area contributed by atoms with E-state index in [0.717, 1.165) is 18.5 Å². The Morgan fingerprint density at radius 2 is 2.00 bits per heavy atom. The highest BCUT2D eigenvalue weighted by molar-refractivity contribution is 5.29. The maximum Gasteiger partial charge on any atom is 0.0238 e. The third-order valence-corrected chi connectivity index (χ3v) is 4.67. The Morgan fingerprint density at radius 1 is 1.28 bits per heavy atom. The van der Waals surface area contributed by atoms with Crippen LogP contribution in [0.15, 0.2) is 24.3 Å². The van der Waals surface area contributed by atoms with Crippen molar-refractivity contribution < 1.29 is 0 Å². The van der Waals surface area contributed by atoms with Gasteiger partial charge in [-0.05, 0) is 50.3 Å². The number of nitrogens with zero attached hydrogens (tertiary/aromatic N) is 1. The number of hydrogen-bond acceptors (Lipinski definition) is 2. The molecule has 1 aromatic carbocycles. The minimum absolute atomic E-state index is 0.617. The molecule has 2 aliphatic rings. The molecule has 2 heteroatoms. The molecule has 1 saturated carbocycles. The summed E-state index contributed by atoms with van der Waals surface area (Å²) in [5.41, 5.74) is 3.01. The summed E-state index contributed by atoms with van der Waals surface area (Å²) in [6.45, 7) is 4.59. The smallest absolute Gasteiger partial charge is 0.0238 e. The van der Waals surface area contributed by atoms with E-state index in [-0.39, 0.29) is 0 Å². The van der Waals surface area contributed by atoms with E-state index in [2.05, 4.69) is 48.5 Å². The van der Waals surface area contributed by atoms with E-state index in [0.29, 0.717) is 6.04 Å². The predicted molar refractivity (Wildman–Crippen MR) is 75.6 cm³/mol. The number of nitrogens with one attached hydrogen (secondary N) is 1. The highest BCUT2D eigenvalue weighted by atomic mass is 15.2. The van der Waals surface area contributed by atoms with Crippen molar-refractivity contribution in [3.8, 4) is 0 Å². The molecule has 18 heavy (non-hydrogen) atoms. The number of hydrogen-bond donors (Lipinski definition) is 1. The van der Waals surface area contributed by atoms with Gasteiger partial charge in [-0.1, -0.05) is 24.3 Å². The topological polar surface area (TPSA) is 15.3 Å². The van der Waals surface area contributed by atoms with Crippen molar-refractivity contribution in [2.75, 3.05) is 13.6 Å². The van der Waals surface area contributed by atoms with Gasteiger partial charge in [-0.15, -0.1) is 0 Å². The molecule has 0 radical (unpaired) electrons. The fourth-order valence-corrected chi connectivity index (χ4v) is 3.10. The van der Waals surface area contributed by atoms with E-state index in [1.807, 2.05) is 0 Å². The summed E-state index contributed by atoms with van der Waals surface area (Å²) < 4.78 is 0. The molecular formula is C16H24N2. The van der Waals surface area contributed by atoms with E-state index in [4.69, 9.17) is 0 Å². The van der Waals surface area contributed by atoms with Crippen LogP contribution in [-0.2, 0) is 13.0 Å². The lowest BCUT2D eigenvalue weighted by molar-refractivity contribution is 0.205. The van der Waals surface area contributed by atoms with Gasteiger partial charge in [-0.25, -0.2) is 0 Å². The number of likely N-dealkylation sites (N-methyl/N-ethyl adjacent to an activating group) is 1. The van der Waals surface area contributed by atoms with Crippen molar-refractivity contribution in [1.29, 1.82) is 0 Å². The quantitative estimate of drug-likeness (QED) is 0.875. The molecule has 2 unspecified atom stereocenters. The van der Waals surface area contributed by atoms with Crippen molar-refractivity contribution in [2.24, 2.45) is 5.92 Å². The third-order valence-electron chi connectivity index (χ3n) is 4.67. The Bertz CT molecular complexity index is 411. The summed E-state index contributed by atoms with van der Waals surface area (Å²) in [5, 5.41) is 3.68. The standard InChI is InChI=1S/C16H24N2/c1-12(13-7-8-13)18(2)11-16-9-14-5-3-4-6-15(14)10-17-16/h3-6,12-13,16-17H,7-11H2,1-2H3. The predicted octanol–water partition coefficient (Wildman–Crippen LogP) is 2.43. The highest BCUT2D eigenvalue weighted by Crippen LogP contribution is 2.34. The molecule has 0 aromatic heterocycles. The molecule has 2 nitrogen and oxygen atoms in total. The molecule has 0 spiro atoms. The Labute approximate surface area is 110 Å². The molecule has 1 aromatic rings. The van der Waals surface area contributed by atoms with Crippen molar-refractivity contribution >= 4 is 0 Å². The number of benzene rings is 1. The minimum atomic E-state index is 0.617. The lowest BCUT2D eigenvalue weighted by Crippen LogP contribution is -2.46. The first kappa shape index (κ1) is 12.2. The first-order chi connectivity index (χ1) is 8.74. The summed E-state index contributed by atoms with van der Waals surface area (Å²) >= 11 is 0. The molecule has 2 atom stereocenters. The first-order valence-corrected chi connectivity index (χ1v) is 7.24. The van der Waals surface area contributed by atoms with E-state index < -0.39 is 0 Å². The Balaban J connectivity index is 1.58. The average molecular weight is 244 g/mol. The highest BCUT2D eigenvalue weighted by Gasteiger charge is 2.31. The van der Waals surface area contributed by atoms with Crippen molar-refractivity contribution in [3.63, 3.8) is 0 Å². The van der Waals surface area contributed by atoms with Crippen molar-refractivity contribution in [2.45, 2.75) is 44.8 Å². The molecular weight excluding hydrogens is 220 g/mol. The van der Waals surface area contributed by atoms with Gasteiger partial charge in [0.1, 0.15) is 0 Å². The molecule has 0 saturated heterocycles. The second kappa shape index (κ2) is 5.02. The van der Waals surface area contributed by atoms with Crippen LogP contribution in [-0.4, -0.2) is 30.6 Å². The molecule has 1 aliphatic carbocycles. The van der Waals surface area contributed by atoms with Crippen LogP contribution in [0, 0.1) is 5.92 Å². The number of rotatable bonds is 4. The molecule has 1 aliphatic heterocycles. The normalized spacial score (nSPS) is 24.9. The molecule has 1 fully saturated rings. The third kappa shape index (κ3) is 2.60. The van der Waals surface area contributed by atoms with Gasteiger partial charge in [-0.3, -0.25) is 0 Å². The van der Waals surface area contributed by atoms with Gasteiger partial charge in [-0.2, -0.15) is 0 Å². The van der Waals surface area contributed by atoms with Gasteiger partial charge < -0.3 is 10.2 Å². The molecule has 1 heterocycles. The second-order valence-corrected chi connectivity index (χ2v) is 6.07. The van der Waals surface area contributed by atoms with Crippen LogP contribution >= 0.6 is 0 Å². The van der Waals surface area contributed by atoms with Crippen LogP contribution in [0.1, 0.15) is 30.9 Å². The summed E-state index contributed by atoms with van der Waals surface area (Å²) in [5.74, 6) is 0.964. The van der Waals surface area contributed by atoms with Crippen molar-refractivity contribution in [3.05, 3.63) is 35.4 Å². The molecule has 98 valence electrons. The molecule has 0 bridgehead atoms. The molecule has 3 rings (SSSR count). The fourth-order valence-electron chi connectivity index (χ4n) is 3.10. The Morgan fingerprint density at radius 3 is 2.72 bits per heavy atom. The van der Waals surface area contributed by atoms with Crippen LogP contribution in [0.4, 0.5) is 0 Å². The van der Waals surface area contributed by atoms with Crippen LogP contribution in [0.2, 0.25) is 0 Å². The minimum Gasteiger partial charge on any atom is -0.308 e. The first-order valence-electron chi connectivity index (χ1n) is 7.24. The second-order valence-electron chi connectivity index (χ2n) is 6.07. The largest absolute Gasteiger partial charge is 0.308 e. The zero-order chi connectivity index (χ0) is 12.5. The maximum atomic E-state index is 3.68. The molecule has 1 N–H and O–H groups in total. The molecule has 0 amide bonds.